The molecule has 1 amide bonds. The number of hydrogen-bond acceptors (Lipinski definition) is 5. The molecule has 1 unspecified atom stereocenters. The Hall–Kier alpha value is -1.66. The van der Waals surface area contributed by atoms with Crippen LogP contribution in [-0.2, 0) is 11.3 Å². The lowest BCUT2D eigenvalue weighted by Crippen LogP contribution is -2.33. The molecule has 0 spiro atoms. The zero-order valence-corrected chi connectivity index (χ0v) is 14.5. The van der Waals surface area contributed by atoms with Gasteiger partial charge in [-0.15, -0.1) is 12.4 Å². The van der Waals surface area contributed by atoms with Gasteiger partial charge >= 0.3 is 0 Å². The second kappa shape index (κ2) is 10.1. The van der Waals surface area contributed by atoms with Crippen LogP contribution in [0.1, 0.15) is 12.5 Å². The normalized spacial score (nSPS) is 11.1. The highest BCUT2D eigenvalue weighted by atomic mass is 35.5. The van der Waals surface area contributed by atoms with Crippen LogP contribution in [0.25, 0.3) is 0 Å². The summed E-state index contributed by atoms with van der Waals surface area (Å²) in [6.45, 7) is 2.92. The van der Waals surface area contributed by atoms with Gasteiger partial charge in [-0.25, -0.2) is 0 Å². The van der Waals surface area contributed by atoms with E-state index in [0.717, 1.165) is 5.56 Å². The number of amides is 1. The number of benzene rings is 1. The fourth-order valence-corrected chi connectivity index (χ4v) is 2.00. The van der Waals surface area contributed by atoms with Crippen LogP contribution >= 0.6 is 12.4 Å². The van der Waals surface area contributed by atoms with E-state index in [1.165, 1.54) is 0 Å². The molecule has 0 bridgehead atoms. The summed E-state index contributed by atoms with van der Waals surface area (Å²) in [6.07, 6.45) is 0. The summed E-state index contributed by atoms with van der Waals surface area (Å²) in [5, 5.41) is 5.87. The fourth-order valence-electron chi connectivity index (χ4n) is 2.00. The van der Waals surface area contributed by atoms with Crippen molar-refractivity contribution in [3.8, 4) is 17.2 Å². The number of carbonyl (C=O) groups is 1. The first-order chi connectivity index (χ1) is 10.1. The third-order valence-electron chi connectivity index (χ3n) is 3.15. The molecule has 0 heterocycles. The summed E-state index contributed by atoms with van der Waals surface area (Å²) < 4.78 is 15.8. The minimum Gasteiger partial charge on any atom is -0.493 e. The standard InChI is InChI=1S/C15H24N2O4.ClH/c1-10(8-16-2)15(18)17-9-11-6-12(19-3)14(21-5)13(7-11)20-4;/h6-7,10,16H,8-9H2,1-5H3,(H,17,18);1H. The molecule has 7 heteroatoms. The Morgan fingerprint density at radius 1 is 1.14 bits per heavy atom. The number of methoxy groups -OCH3 is 3. The number of halogens is 1. The van der Waals surface area contributed by atoms with Crippen molar-refractivity contribution in [1.29, 1.82) is 0 Å². The first-order valence-corrected chi connectivity index (χ1v) is 6.78. The Balaban J connectivity index is 0.00000441. The predicted octanol–water partition coefficient (Wildman–Crippen LogP) is 1.61. The highest BCUT2D eigenvalue weighted by molar-refractivity contribution is 5.85. The predicted molar refractivity (Wildman–Crippen MR) is 88.3 cm³/mol. The summed E-state index contributed by atoms with van der Waals surface area (Å²) in [6, 6.07) is 3.65. The molecule has 2 N–H and O–H groups in total. The van der Waals surface area contributed by atoms with Crippen LogP contribution in [0.15, 0.2) is 12.1 Å². The summed E-state index contributed by atoms with van der Waals surface area (Å²) in [5.74, 6) is 1.60. The number of rotatable bonds is 8. The van der Waals surface area contributed by atoms with Crippen LogP contribution in [-0.4, -0.2) is 40.8 Å². The first kappa shape index (κ1) is 20.3. The largest absolute Gasteiger partial charge is 0.493 e. The number of hydrogen-bond donors (Lipinski definition) is 2. The van der Waals surface area contributed by atoms with Crippen molar-refractivity contribution in [1.82, 2.24) is 10.6 Å². The molecule has 1 atom stereocenters. The molecule has 0 radical (unpaired) electrons. The molecule has 0 aliphatic carbocycles. The van der Waals surface area contributed by atoms with Gasteiger partial charge in [0.15, 0.2) is 11.5 Å². The second-order valence-corrected chi connectivity index (χ2v) is 4.71. The third-order valence-corrected chi connectivity index (χ3v) is 3.15. The smallest absolute Gasteiger partial charge is 0.224 e. The molecule has 1 rings (SSSR count). The van der Waals surface area contributed by atoms with Gasteiger partial charge in [-0.05, 0) is 24.7 Å². The van der Waals surface area contributed by atoms with Crippen LogP contribution < -0.4 is 24.8 Å². The summed E-state index contributed by atoms with van der Waals surface area (Å²) in [5.41, 5.74) is 0.884. The van der Waals surface area contributed by atoms with E-state index in [1.807, 2.05) is 26.1 Å². The minimum atomic E-state index is -0.0861. The molecule has 0 aliphatic heterocycles. The van der Waals surface area contributed by atoms with E-state index in [2.05, 4.69) is 10.6 Å². The van der Waals surface area contributed by atoms with E-state index in [-0.39, 0.29) is 24.2 Å². The second-order valence-electron chi connectivity index (χ2n) is 4.71. The lowest BCUT2D eigenvalue weighted by molar-refractivity contribution is -0.124. The zero-order chi connectivity index (χ0) is 15.8. The van der Waals surface area contributed by atoms with Crippen molar-refractivity contribution in [2.45, 2.75) is 13.5 Å². The topological polar surface area (TPSA) is 68.8 Å². The van der Waals surface area contributed by atoms with Crippen molar-refractivity contribution in [2.75, 3.05) is 34.9 Å². The Morgan fingerprint density at radius 2 is 1.68 bits per heavy atom. The van der Waals surface area contributed by atoms with Gasteiger partial charge in [0.05, 0.1) is 21.3 Å². The van der Waals surface area contributed by atoms with Crippen molar-refractivity contribution in [3.05, 3.63) is 17.7 Å². The average molecular weight is 333 g/mol. The average Bonchev–Trinajstić information content (AvgIpc) is 2.51. The fraction of sp³-hybridized carbons (Fsp3) is 0.533. The van der Waals surface area contributed by atoms with E-state index in [1.54, 1.807) is 21.3 Å². The van der Waals surface area contributed by atoms with Gasteiger partial charge in [0.2, 0.25) is 11.7 Å². The first-order valence-electron chi connectivity index (χ1n) is 6.78. The maximum atomic E-state index is 11.9. The van der Waals surface area contributed by atoms with Crippen molar-refractivity contribution in [3.63, 3.8) is 0 Å². The van der Waals surface area contributed by atoms with Crippen molar-refractivity contribution in [2.24, 2.45) is 5.92 Å². The molecular formula is C15H25ClN2O4. The monoisotopic (exact) mass is 332 g/mol. The van der Waals surface area contributed by atoms with E-state index >= 15 is 0 Å². The maximum Gasteiger partial charge on any atom is 0.224 e. The molecule has 1 aromatic carbocycles. The number of nitrogens with one attached hydrogen (secondary N) is 2. The molecule has 1 aromatic rings. The van der Waals surface area contributed by atoms with Crippen molar-refractivity contribution < 1.29 is 19.0 Å². The zero-order valence-electron chi connectivity index (χ0n) is 13.7. The van der Waals surface area contributed by atoms with Gasteiger partial charge < -0.3 is 24.8 Å². The van der Waals surface area contributed by atoms with Crippen LogP contribution in [0.5, 0.6) is 17.2 Å². The lowest BCUT2D eigenvalue weighted by atomic mass is 10.1. The van der Waals surface area contributed by atoms with Gasteiger partial charge in [0, 0.05) is 19.0 Å². The Bertz CT molecular complexity index is 458. The van der Waals surface area contributed by atoms with Crippen molar-refractivity contribution >= 4 is 18.3 Å². The van der Waals surface area contributed by atoms with Gasteiger partial charge in [-0.2, -0.15) is 0 Å². The SMILES string of the molecule is CNCC(C)C(=O)NCc1cc(OC)c(OC)c(OC)c1.Cl. The number of ether oxygens (including phenoxy) is 3. The minimum absolute atomic E-state index is 0. The van der Waals surface area contributed by atoms with E-state index in [0.29, 0.717) is 30.3 Å². The molecule has 22 heavy (non-hydrogen) atoms. The van der Waals surface area contributed by atoms with Gasteiger partial charge in [0.1, 0.15) is 0 Å². The Kier molecular flexibility index (Phi) is 9.37. The Morgan fingerprint density at radius 3 is 2.09 bits per heavy atom. The molecule has 6 nitrogen and oxygen atoms in total. The highest BCUT2D eigenvalue weighted by Gasteiger charge is 2.15. The van der Waals surface area contributed by atoms with Gasteiger partial charge in [0.25, 0.3) is 0 Å². The molecule has 0 saturated heterocycles. The molecule has 0 aliphatic rings. The molecule has 126 valence electrons. The van der Waals surface area contributed by atoms with E-state index in [4.69, 9.17) is 14.2 Å². The quantitative estimate of drug-likeness (QED) is 0.757. The molecule has 0 fully saturated rings. The molecule has 0 saturated carbocycles. The third kappa shape index (κ3) is 5.27. The summed E-state index contributed by atoms with van der Waals surface area (Å²) in [7, 11) is 6.51. The van der Waals surface area contributed by atoms with Gasteiger partial charge in [-0.3, -0.25) is 4.79 Å². The van der Waals surface area contributed by atoms with E-state index in [9.17, 15) is 4.79 Å². The van der Waals surface area contributed by atoms with Crippen LogP contribution in [0.3, 0.4) is 0 Å². The highest BCUT2D eigenvalue weighted by Crippen LogP contribution is 2.38. The number of carbonyl (C=O) groups excluding carboxylic acids is 1. The van der Waals surface area contributed by atoms with E-state index < -0.39 is 0 Å². The summed E-state index contributed by atoms with van der Waals surface area (Å²) >= 11 is 0. The Labute approximate surface area is 137 Å². The maximum absolute atomic E-state index is 11.9. The molecule has 0 aromatic heterocycles. The lowest BCUT2D eigenvalue weighted by Gasteiger charge is -2.15. The summed E-state index contributed by atoms with van der Waals surface area (Å²) in [4.78, 5) is 11.9. The molecular weight excluding hydrogens is 308 g/mol. The van der Waals surface area contributed by atoms with Gasteiger partial charge in [-0.1, -0.05) is 6.92 Å². The van der Waals surface area contributed by atoms with Crippen LogP contribution in [0.2, 0.25) is 0 Å². The van der Waals surface area contributed by atoms with Crippen LogP contribution in [0, 0.1) is 5.92 Å². The van der Waals surface area contributed by atoms with Crippen LogP contribution in [0.4, 0.5) is 0 Å².